The normalized spacial score (nSPS) is 21.4. The Labute approximate surface area is 137 Å². The van der Waals surface area contributed by atoms with Crippen LogP contribution >= 0.6 is 0 Å². The number of allylic oxidation sites excluding steroid dienone is 8. The Bertz CT molecular complexity index is 519. The van der Waals surface area contributed by atoms with Crippen LogP contribution in [0.1, 0.15) is 41.0 Å². The SMILES string of the molecule is [CH2]=[Zr+2]([C]1=C(C)C=CC1)[C]1=C(C)C(C)=C(C)C1C.[Cl-].[Cl-]. The van der Waals surface area contributed by atoms with Crippen LogP contribution in [0.2, 0.25) is 0 Å². The van der Waals surface area contributed by atoms with Crippen LogP contribution < -0.4 is 24.8 Å². The van der Waals surface area contributed by atoms with E-state index >= 15 is 0 Å². The van der Waals surface area contributed by atoms with Gasteiger partial charge in [-0.25, -0.2) is 0 Å². The number of rotatable bonds is 2. The second-order valence-electron chi connectivity index (χ2n) is 5.31. The summed E-state index contributed by atoms with van der Waals surface area (Å²) in [6, 6.07) is 0. The van der Waals surface area contributed by atoms with Crippen LogP contribution in [0.25, 0.3) is 0 Å². The minimum absolute atomic E-state index is 0. The van der Waals surface area contributed by atoms with Gasteiger partial charge in [-0.1, -0.05) is 0 Å². The van der Waals surface area contributed by atoms with E-state index in [2.05, 4.69) is 51.0 Å². The van der Waals surface area contributed by atoms with E-state index in [1.54, 1.807) is 17.7 Å². The van der Waals surface area contributed by atoms with Crippen LogP contribution in [0.4, 0.5) is 0 Å². The second kappa shape index (κ2) is 7.34. The van der Waals surface area contributed by atoms with Crippen molar-refractivity contribution in [2.75, 3.05) is 0 Å². The molecule has 0 heterocycles. The number of hydrogen-bond acceptors (Lipinski definition) is 0. The van der Waals surface area contributed by atoms with Crippen molar-refractivity contribution in [1.82, 2.24) is 0 Å². The third-order valence-electron chi connectivity index (χ3n) is 4.50. The molecule has 1 atom stereocenters. The molecular formula is C16H22Cl2Zr. The Morgan fingerprint density at radius 3 is 2.05 bits per heavy atom. The van der Waals surface area contributed by atoms with Crippen LogP contribution in [0.15, 0.2) is 41.0 Å². The Balaban J connectivity index is 0.00000162. The Kier molecular flexibility index (Phi) is 7.46. The average molecular weight is 376 g/mol. The van der Waals surface area contributed by atoms with Crippen LogP contribution in [-0.2, 0) is 21.3 Å². The molecule has 0 amide bonds. The molecule has 2 aliphatic rings. The van der Waals surface area contributed by atoms with Gasteiger partial charge in [0.1, 0.15) is 0 Å². The fraction of sp³-hybridized carbons (Fsp3) is 0.438. The first-order valence-corrected chi connectivity index (χ1v) is 10.6. The van der Waals surface area contributed by atoms with Gasteiger partial charge in [-0.15, -0.1) is 0 Å². The van der Waals surface area contributed by atoms with Gasteiger partial charge < -0.3 is 24.8 Å². The predicted molar refractivity (Wildman–Crippen MR) is 73.8 cm³/mol. The van der Waals surface area contributed by atoms with Crippen molar-refractivity contribution in [3.8, 4) is 0 Å². The maximum absolute atomic E-state index is 4.64. The van der Waals surface area contributed by atoms with Gasteiger partial charge in [0.2, 0.25) is 0 Å². The first kappa shape index (κ1) is 19.3. The molecule has 19 heavy (non-hydrogen) atoms. The standard InChI is InChI=1S/C9H13.C6H7.CH2.2ClH.Zr/c1-6-5-7(2)9(4)8(6)3;1-6-4-2-3-5-6;;;;/h6H,1-4H3;2,4H,3H2,1H3;1H2;2*1H;/q;;;;;+2/p-2. The summed E-state index contributed by atoms with van der Waals surface area (Å²) in [7, 11) is 0. The van der Waals surface area contributed by atoms with E-state index in [1.807, 2.05) is 0 Å². The van der Waals surface area contributed by atoms with Gasteiger partial charge in [0, 0.05) is 0 Å². The molecule has 0 radical (unpaired) electrons. The molecule has 0 aromatic rings. The van der Waals surface area contributed by atoms with Gasteiger partial charge in [0.25, 0.3) is 0 Å². The van der Waals surface area contributed by atoms with Crippen molar-refractivity contribution in [2.24, 2.45) is 5.92 Å². The van der Waals surface area contributed by atoms with Crippen LogP contribution in [0.3, 0.4) is 0 Å². The molecule has 0 nitrogen and oxygen atoms in total. The van der Waals surface area contributed by atoms with E-state index in [-0.39, 0.29) is 24.8 Å². The Morgan fingerprint density at radius 1 is 1.11 bits per heavy atom. The van der Waals surface area contributed by atoms with E-state index in [0.717, 1.165) is 0 Å². The fourth-order valence-corrected chi connectivity index (χ4v) is 9.45. The average Bonchev–Trinajstić information content (AvgIpc) is 2.79. The quantitative estimate of drug-likeness (QED) is 0.553. The number of hydrogen-bond donors (Lipinski definition) is 0. The zero-order valence-corrected chi connectivity index (χ0v) is 16.4. The molecule has 3 heteroatoms. The first-order chi connectivity index (χ1) is 7.95. The Morgan fingerprint density at radius 2 is 1.68 bits per heavy atom. The molecule has 104 valence electrons. The summed E-state index contributed by atoms with van der Waals surface area (Å²) in [4.78, 5) is 0. The first-order valence-electron chi connectivity index (χ1n) is 6.39. The van der Waals surface area contributed by atoms with E-state index in [4.69, 9.17) is 0 Å². The number of halogens is 2. The van der Waals surface area contributed by atoms with Crippen LogP contribution in [-0.4, -0.2) is 4.21 Å². The van der Waals surface area contributed by atoms with Crippen molar-refractivity contribution in [2.45, 2.75) is 41.0 Å². The summed E-state index contributed by atoms with van der Waals surface area (Å²) in [6.07, 6.45) is 5.76. The maximum atomic E-state index is 4.64. The van der Waals surface area contributed by atoms with Crippen molar-refractivity contribution < 1.29 is 46.1 Å². The van der Waals surface area contributed by atoms with Crippen LogP contribution in [0.5, 0.6) is 0 Å². The molecule has 0 aromatic heterocycles. The molecule has 0 saturated heterocycles. The van der Waals surface area contributed by atoms with Gasteiger partial charge in [-0.2, -0.15) is 0 Å². The smallest absolute Gasteiger partial charge is 1.00 e. The summed E-state index contributed by atoms with van der Waals surface area (Å²) in [5.41, 5.74) is 6.16. The molecule has 0 N–H and O–H groups in total. The minimum atomic E-state index is -1.78. The summed E-state index contributed by atoms with van der Waals surface area (Å²) in [6.45, 7) is 11.5. The molecule has 1 unspecified atom stereocenters. The van der Waals surface area contributed by atoms with E-state index in [0.29, 0.717) is 5.92 Å². The van der Waals surface area contributed by atoms with Crippen molar-refractivity contribution >= 4 is 4.21 Å². The van der Waals surface area contributed by atoms with Crippen LogP contribution in [0, 0.1) is 5.92 Å². The zero-order chi connectivity index (χ0) is 12.7. The van der Waals surface area contributed by atoms with Crippen molar-refractivity contribution in [3.05, 3.63) is 41.0 Å². The molecule has 0 aliphatic heterocycles. The molecule has 0 fully saturated rings. The largest absolute Gasteiger partial charge is 1.00 e. The molecule has 2 rings (SSSR count). The fourth-order valence-electron chi connectivity index (χ4n) is 2.99. The predicted octanol–water partition coefficient (Wildman–Crippen LogP) is -1.46. The zero-order valence-electron chi connectivity index (χ0n) is 12.4. The topological polar surface area (TPSA) is 0 Å². The third-order valence-corrected chi connectivity index (χ3v) is 11.3. The summed E-state index contributed by atoms with van der Waals surface area (Å²) in [5, 5.41) is 0. The molecule has 0 spiro atoms. The molecule has 2 aliphatic carbocycles. The second-order valence-corrected chi connectivity index (χ2v) is 10.5. The minimum Gasteiger partial charge on any atom is -1.00 e. The molecule has 0 aromatic carbocycles. The van der Waals surface area contributed by atoms with Gasteiger partial charge in [-0.05, 0) is 0 Å². The van der Waals surface area contributed by atoms with Gasteiger partial charge in [0.05, 0.1) is 0 Å². The third kappa shape index (κ3) is 3.31. The summed E-state index contributed by atoms with van der Waals surface area (Å²) in [5.74, 6) is 0.655. The van der Waals surface area contributed by atoms with E-state index in [1.165, 1.54) is 17.6 Å². The van der Waals surface area contributed by atoms with E-state index in [9.17, 15) is 0 Å². The van der Waals surface area contributed by atoms with E-state index < -0.39 is 21.3 Å². The maximum Gasteiger partial charge on any atom is -1.00 e. The van der Waals surface area contributed by atoms with Crippen molar-refractivity contribution in [3.63, 3.8) is 0 Å². The van der Waals surface area contributed by atoms with Gasteiger partial charge >= 0.3 is 113 Å². The summed E-state index contributed by atoms with van der Waals surface area (Å²) < 4.78 is 8.08. The Hall–Kier alpha value is 0.293. The molecular weight excluding hydrogens is 354 g/mol. The molecule has 0 bridgehead atoms. The van der Waals surface area contributed by atoms with Gasteiger partial charge in [-0.3, -0.25) is 0 Å². The monoisotopic (exact) mass is 374 g/mol. The van der Waals surface area contributed by atoms with Crippen molar-refractivity contribution in [1.29, 1.82) is 0 Å². The van der Waals surface area contributed by atoms with Gasteiger partial charge in [0.15, 0.2) is 0 Å². The molecule has 0 saturated carbocycles. The summed E-state index contributed by atoms with van der Waals surface area (Å²) >= 11 is -1.78.